The lowest BCUT2D eigenvalue weighted by Gasteiger charge is -2.16. The van der Waals surface area contributed by atoms with Gasteiger partial charge in [0.05, 0.1) is 12.5 Å². The zero-order valence-electron chi connectivity index (χ0n) is 9.40. The second-order valence-corrected chi connectivity index (χ2v) is 4.05. The summed E-state index contributed by atoms with van der Waals surface area (Å²) in [6.45, 7) is 1.80. The number of nitrogens with zero attached hydrogens (tertiary/aromatic N) is 1. The number of imide groups is 1. The van der Waals surface area contributed by atoms with Crippen LogP contribution in [0.3, 0.4) is 0 Å². The highest BCUT2D eigenvalue weighted by molar-refractivity contribution is 6.05. The Labute approximate surface area is 93.6 Å². The van der Waals surface area contributed by atoms with Crippen LogP contribution in [-0.4, -0.2) is 46.9 Å². The Balaban J connectivity index is 2.40. The van der Waals surface area contributed by atoms with Crippen molar-refractivity contribution in [3.8, 4) is 0 Å². The zero-order valence-corrected chi connectivity index (χ0v) is 9.40. The molecule has 0 aromatic carbocycles. The molecule has 0 bridgehead atoms. The molecular formula is C10H16N2O4. The number of carboxylic acid groups (broad SMARTS) is 1. The van der Waals surface area contributed by atoms with Gasteiger partial charge in [0.1, 0.15) is 0 Å². The standard InChI is InChI=1S/C10H16N2O4/c1-6(3-4-9(14)15)11-7-5-8(13)12(2)10(7)16/h6-7,11H,3-5H2,1-2H3,(H,14,15). The lowest BCUT2D eigenvalue weighted by Crippen LogP contribution is -2.42. The third kappa shape index (κ3) is 3.03. The number of likely N-dealkylation sites (N-methyl/N-ethyl adjacent to an activating group) is 1. The molecule has 1 aliphatic heterocycles. The second kappa shape index (κ2) is 5.07. The van der Waals surface area contributed by atoms with Crippen molar-refractivity contribution in [2.24, 2.45) is 0 Å². The highest BCUT2D eigenvalue weighted by atomic mass is 16.4. The summed E-state index contributed by atoms with van der Waals surface area (Å²) in [5.74, 6) is -1.31. The molecule has 2 atom stereocenters. The summed E-state index contributed by atoms with van der Waals surface area (Å²) >= 11 is 0. The van der Waals surface area contributed by atoms with E-state index in [0.717, 1.165) is 4.90 Å². The fourth-order valence-corrected chi connectivity index (χ4v) is 1.65. The van der Waals surface area contributed by atoms with Gasteiger partial charge in [-0.05, 0) is 13.3 Å². The molecule has 1 fully saturated rings. The van der Waals surface area contributed by atoms with Crippen LogP contribution < -0.4 is 5.32 Å². The molecule has 1 rings (SSSR count). The van der Waals surface area contributed by atoms with E-state index in [9.17, 15) is 14.4 Å². The van der Waals surface area contributed by atoms with E-state index in [0.29, 0.717) is 6.42 Å². The summed E-state index contributed by atoms with van der Waals surface area (Å²) in [6.07, 6.45) is 0.655. The molecule has 90 valence electrons. The fraction of sp³-hybridized carbons (Fsp3) is 0.700. The van der Waals surface area contributed by atoms with Crippen LogP contribution in [0.5, 0.6) is 0 Å². The normalized spacial score (nSPS) is 22.6. The van der Waals surface area contributed by atoms with Gasteiger partial charge in [0, 0.05) is 19.5 Å². The largest absolute Gasteiger partial charge is 0.481 e. The van der Waals surface area contributed by atoms with Crippen LogP contribution in [0.1, 0.15) is 26.2 Å². The van der Waals surface area contributed by atoms with Gasteiger partial charge in [0.2, 0.25) is 11.8 Å². The van der Waals surface area contributed by atoms with Crippen LogP contribution >= 0.6 is 0 Å². The summed E-state index contributed by atoms with van der Waals surface area (Å²) in [5, 5.41) is 11.5. The van der Waals surface area contributed by atoms with Gasteiger partial charge >= 0.3 is 5.97 Å². The maximum atomic E-state index is 11.5. The summed E-state index contributed by atoms with van der Waals surface area (Å²) < 4.78 is 0. The van der Waals surface area contributed by atoms with Crippen LogP contribution in [0.25, 0.3) is 0 Å². The Morgan fingerprint density at radius 1 is 1.62 bits per heavy atom. The highest BCUT2D eigenvalue weighted by Gasteiger charge is 2.36. The van der Waals surface area contributed by atoms with Crippen molar-refractivity contribution in [1.29, 1.82) is 0 Å². The lowest BCUT2D eigenvalue weighted by molar-refractivity contribution is -0.138. The van der Waals surface area contributed by atoms with Crippen molar-refractivity contribution in [3.63, 3.8) is 0 Å². The molecule has 0 spiro atoms. The number of aliphatic carboxylic acids is 1. The van der Waals surface area contributed by atoms with Gasteiger partial charge < -0.3 is 10.4 Å². The minimum absolute atomic E-state index is 0.0544. The molecule has 2 unspecified atom stereocenters. The number of likely N-dealkylation sites (tertiary alicyclic amines) is 1. The first-order valence-electron chi connectivity index (χ1n) is 5.20. The average Bonchev–Trinajstić information content (AvgIpc) is 2.43. The van der Waals surface area contributed by atoms with Crippen molar-refractivity contribution in [3.05, 3.63) is 0 Å². The fourth-order valence-electron chi connectivity index (χ4n) is 1.65. The summed E-state index contributed by atoms with van der Waals surface area (Å²) in [4.78, 5) is 34.2. The van der Waals surface area contributed by atoms with Crippen molar-refractivity contribution < 1.29 is 19.5 Å². The van der Waals surface area contributed by atoms with E-state index in [2.05, 4.69) is 5.32 Å². The first-order valence-corrected chi connectivity index (χ1v) is 5.20. The lowest BCUT2D eigenvalue weighted by atomic mass is 10.1. The number of carboxylic acids is 1. The molecule has 16 heavy (non-hydrogen) atoms. The number of hydrogen-bond acceptors (Lipinski definition) is 4. The average molecular weight is 228 g/mol. The van der Waals surface area contributed by atoms with Crippen molar-refractivity contribution >= 4 is 17.8 Å². The van der Waals surface area contributed by atoms with Crippen molar-refractivity contribution in [2.45, 2.75) is 38.3 Å². The molecule has 0 aromatic rings. The van der Waals surface area contributed by atoms with E-state index in [1.54, 1.807) is 6.92 Å². The number of carbonyl (C=O) groups excluding carboxylic acids is 2. The molecule has 6 heteroatoms. The van der Waals surface area contributed by atoms with Crippen molar-refractivity contribution in [2.75, 3.05) is 7.05 Å². The topological polar surface area (TPSA) is 86.7 Å². The van der Waals surface area contributed by atoms with Crippen LogP contribution in [0, 0.1) is 0 Å². The van der Waals surface area contributed by atoms with Gasteiger partial charge in [-0.2, -0.15) is 0 Å². The van der Waals surface area contributed by atoms with E-state index >= 15 is 0 Å². The molecule has 0 saturated carbocycles. The summed E-state index contributed by atoms with van der Waals surface area (Å²) in [6, 6.07) is -0.592. The first-order chi connectivity index (χ1) is 7.41. The van der Waals surface area contributed by atoms with Gasteiger partial charge in [0.25, 0.3) is 0 Å². The van der Waals surface area contributed by atoms with Crippen molar-refractivity contribution in [1.82, 2.24) is 10.2 Å². The van der Waals surface area contributed by atoms with Crippen LogP contribution in [0.15, 0.2) is 0 Å². The van der Waals surface area contributed by atoms with Crippen LogP contribution in [0.2, 0.25) is 0 Å². The van der Waals surface area contributed by atoms with Gasteiger partial charge in [-0.3, -0.25) is 19.3 Å². The molecular weight excluding hydrogens is 212 g/mol. The Morgan fingerprint density at radius 3 is 2.69 bits per heavy atom. The first kappa shape index (κ1) is 12.6. The Morgan fingerprint density at radius 2 is 2.25 bits per heavy atom. The van der Waals surface area contributed by atoms with E-state index < -0.39 is 12.0 Å². The minimum atomic E-state index is -0.861. The number of carbonyl (C=O) groups is 3. The molecule has 6 nitrogen and oxygen atoms in total. The number of hydrogen-bond donors (Lipinski definition) is 2. The van der Waals surface area contributed by atoms with Crippen LogP contribution in [0.4, 0.5) is 0 Å². The molecule has 1 aliphatic rings. The number of amides is 2. The summed E-state index contributed by atoms with van der Waals surface area (Å²) in [7, 11) is 1.45. The van der Waals surface area contributed by atoms with Gasteiger partial charge in [0.15, 0.2) is 0 Å². The molecule has 0 aliphatic carbocycles. The van der Waals surface area contributed by atoms with Gasteiger partial charge in [-0.25, -0.2) is 0 Å². The zero-order chi connectivity index (χ0) is 12.3. The molecule has 1 saturated heterocycles. The van der Waals surface area contributed by atoms with Gasteiger partial charge in [-0.15, -0.1) is 0 Å². The predicted octanol–water partition coefficient (Wildman–Crippen LogP) is -0.413. The molecule has 2 amide bonds. The highest BCUT2D eigenvalue weighted by Crippen LogP contribution is 2.12. The number of nitrogens with one attached hydrogen (secondary N) is 1. The molecule has 0 aromatic heterocycles. The predicted molar refractivity (Wildman–Crippen MR) is 55.6 cm³/mol. The summed E-state index contributed by atoms with van der Waals surface area (Å²) in [5.41, 5.74) is 0. The Bertz CT molecular complexity index is 316. The van der Waals surface area contributed by atoms with Crippen LogP contribution in [-0.2, 0) is 14.4 Å². The minimum Gasteiger partial charge on any atom is -0.481 e. The smallest absolute Gasteiger partial charge is 0.303 e. The Hall–Kier alpha value is -1.43. The van der Waals surface area contributed by atoms with Gasteiger partial charge in [-0.1, -0.05) is 0 Å². The Kier molecular flexibility index (Phi) is 4.00. The van der Waals surface area contributed by atoms with E-state index in [4.69, 9.17) is 5.11 Å². The third-order valence-electron chi connectivity index (χ3n) is 2.66. The molecule has 1 heterocycles. The second-order valence-electron chi connectivity index (χ2n) is 4.05. The number of rotatable bonds is 5. The van der Waals surface area contributed by atoms with E-state index in [-0.39, 0.29) is 30.7 Å². The van der Waals surface area contributed by atoms with E-state index in [1.165, 1.54) is 7.05 Å². The maximum absolute atomic E-state index is 11.5. The SMILES string of the molecule is CC(CCC(=O)O)NC1CC(=O)N(C)C1=O. The molecule has 0 radical (unpaired) electrons. The molecule has 2 N–H and O–H groups in total. The maximum Gasteiger partial charge on any atom is 0.303 e. The monoisotopic (exact) mass is 228 g/mol. The quantitative estimate of drug-likeness (QED) is 0.624. The third-order valence-corrected chi connectivity index (χ3v) is 2.66. The van der Waals surface area contributed by atoms with E-state index in [1.807, 2.05) is 0 Å².